The summed E-state index contributed by atoms with van der Waals surface area (Å²) in [5, 5.41) is 6.69. The maximum absolute atomic E-state index is 12.0. The quantitative estimate of drug-likeness (QED) is 0.380. The summed E-state index contributed by atoms with van der Waals surface area (Å²) in [4.78, 5) is 23.6. The molecule has 0 aliphatic heterocycles. The minimum Gasteiger partial charge on any atom is -0.463 e. The van der Waals surface area contributed by atoms with Crippen LogP contribution in [0, 0.1) is 0 Å². The topological polar surface area (TPSA) is 83.7 Å². The molecule has 132 valence electrons. The standard InChI is InChI=1S/C18H20BrN3O3/c19-16-9-4-3-8-15(16)18(24)20-11-5-1-2-10-17(23)22-21-13-14-7-6-12-25-14/h3-4,6-9,12-13H,1-2,5,10-11H2,(H,20,24)(H,22,23)/b21-13-. The molecule has 7 heteroatoms. The summed E-state index contributed by atoms with van der Waals surface area (Å²) >= 11 is 3.36. The molecule has 0 radical (unpaired) electrons. The molecule has 1 heterocycles. The summed E-state index contributed by atoms with van der Waals surface area (Å²) in [5.41, 5.74) is 3.07. The van der Waals surface area contributed by atoms with Gasteiger partial charge in [0.2, 0.25) is 5.91 Å². The van der Waals surface area contributed by atoms with Gasteiger partial charge in [0.25, 0.3) is 5.91 Å². The van der Waals surface area contributed by atoms with Crippen LogP contribution in [-0.4, -0.2) is 24.6 Å². The Kier molecular flexibility index (Phi) is 7.91. The Labute approximate surface area is 154 Å². The maximum Gasteiger partial charge on any atom is 0.252 e. The van der Waals surface area contributed by atoms with Crippen LogP contribution in [-0.2, 0) is 4.79 Å². The van der Waals surface area contributed by atoms with Crippen LogP contribution in [0.4, 0.5) is 0 Å². The molecule has 0 saturated heterocycles. The Balaban J connectivity index is 1.53. The first kappa shape index (κ1) is 18.9. The van der Waals surface area contributed by atoms with E-state index in [-0.39, 0.29) is 11.8 Å². The largest absolute Gasteiger partial charge is 0.463 e. The third-order valence-electron chi connectivity index (χ3n) is 3.41. The molecule has 2 rings (SSSR count). The Bertz CT molecular complexity index is 714. The molecule has 0 fully saturated rings. The lowest BCUT2D eigenvalue weighted by Crippen LogP contribution is -2.24. The van der Waals surface area contributed by atoms with Gasteiger partial charge in [-0.15, -0.1) is 0 Å². The second kappa shape index (κ2) is 10.5. The summed E-state index contributed by atoms with van der Waals surface area (Å²) in [6.07, 6.45) is 5.80. The average Bonchev–Trinajstić information content (AvgIpc) is 3.11. The second-order valence-electron chi connectivity index (χ2n) is 5.36. The van der Waals surface area contributed by atoms with E-state index in [1.807, 2.05) is 18.2 Å². The van der Waals surface area contributed by atoms with E-state index in [0.29, 0.717) is 24.3 Å². The van der Waals surface area contributed by atoms with Gasteiger partial charge in [0.1, 0.15) is 5.76 Å². The van der Waals surface area contributed by atoms with Crippen LogP contribution in [0.15, 0.2) is 56.7 Å². The minimum absolute atomic E-state index is 0.0996. The van der Waals surface area contributed by atoms with Crippen molar-refractivity contribution in [1.82, 2.24) is 10.7 Å². The van der Waals surface area contributed by atoms with Gasteiger partial charge in [0, 0.05) is 17.4 Å². The molecule has 0 saturated carbocycles. The fourth-order valence-electron chi connectivity index (χ4n) is 2.12. The predicted octanol–water partition coefficient (Wildman–Crippen LogP) is 3.48. The van der Waals surface area contributed by atoms with Crippen LogP contribution in [0.3, 0.4) is 0 Å². The van der Waals surface area contributed by atoms with Crippen LogP contribution in [0.25, 0.3) is 0 Å². The zero-order valence-electron chi connectivity index (χ0n) is 13.7. The number of hydrazone groups is 1. The van der Waals surface area contributed by atoms with Crippen molar-refractivity contribution in [3.63, 3.8) is 0 Å². The highest BCUT2D eigenvalue weighted by Gasteiger charge is 2.08. The van der Waals surface area contributed by atoms with E-state index in [0.717, 1.165) is 23.7 Å². The van der Waals surface area contributed by atoms with Gasteiger partial charge in [-0.1, -0.05) is 18.6 Å². The maximum atomic E-state index is 12.0. The highest BCUT2D eigenvalue weighted by Crippen LogP contribution is 2.15. The van der Waals surface area contributed by atoms with Crippen molar-refractivity contribution in [1.29, 1.82) is 0 Å². The van der Waals surface area contributed by atoms with Gasteiger partial charge in [-0.25, -0.2) is 5.43 Å². The number of benzene rings is 1. The first-order valence-electron chi connectivity index (χ1n) is 8.05. The fourth-order valence-corrected chi connectivity index (χ4v) is 2.58. The normalized spacial score (nSPS) is 10.8. The van der Waals surface area contributed by atoms with Gasteiger partial charge < -0.3 is 9.73 Å². The van der Waals surface area contributed by atoms with E-state index < -0.39 is 0 Å². The molecule has 0 atom stereocenters. The SMILES string of the molecule is O=C(CCCCCNC(=O)c1ccccc1Br)N/N=C\c1ccco1. The number of nitrogens with zero attached hydrogens (tertiary/aromatic N) is 1. The smallest absolute Gasteiger partial charge is 0.252 e. The Morgan fingerprint density at radius 3 is 2.72 bits per heavy atom. The zero-order valence-corrected chi connectivity index (χ0v) is 15.3. The first-order valence-corrected chi connectivity index (χ1v) is 8.84. The summed E-state index contributed by atoms with van der Waals surface area (Å²) in [6.45, 7) is 0.582. The van der Waals surface area contributed by atoms with Crippen LogP contribution in [0.1, 0.15) is 41.8 Å². The second-order valence-corrected chi connectivity index (χ2v) is 6.21. The van der Waals surface area contributed by atoms with Crippen molar-refractivity contribution in [3.05, 3.63) is 58.5 Å². The molecule has 2 N–H and O–H groups in total. The van der Waals surface area contributed by atoms with Gasteiger partial charge >= 0.3 is 0 Å². The van der Waals surface area contributed by atoms with Crippen LogP contribution >= 0.6 is 15.9 Å². The lowest BCUT2D eigenvalue weighted by molar-refractivity contribution is -0.121. The highest BCUT2D eigenvalue weighted by atomic mass is 79.9. The van der Waals surface area contributed by atoms with Gasteiger partial charge in [0.15, 0.2) is 0 Å². The molecule has 1 aromatic carbocycles. The molecule has 1 aromatic heterocycles. The molecule has 0 unspecified atom stereocenters. The van der Waals surface area contributed by atoms with E-state index in [1.165, 1.54) is 6.21 Å². The number of amides is 2. The monoisotopic (exact) mass is 405 g/mol. The van der Waals surface area contributed by atoms with Crippen LogP contribution in [0.2, 0.25) is 0 Å². The van der Waals surface area contributed by atoms with Crippen molar-refractivity contribution in [2.45, 2.75) is 25.7 Å². The van der Waals surface area contributed by atoms with E-state index in [2.05, 4.69) is 31.8 Å². The predicted molar refractivity (Wildman–Crippen MR) is 99.4 cm³/mol. The number of halogens is 1. The number of nitrogens with one attached hydrogen (secondary N) is 2. The Morgan fingerprint density at radius 1 is 1.12 bits per heavy atom. The van der Waals surface area contributed by atoms with Gasteiger partial charge in [-0.2, -0.15) is 5.10 Å². The lowest BCUT2D eigenvalue weighted by Gasteiger charge is -2.06. The third-order valence-corrected chi connectivity index (χ3v) is 4.10. The van der Waals surface area contributed by atoms with E-state index >= 15 is 0 Å². The molecular formula is C18H20BrN3O3. The van der Waals surface area contributed by atoms with Gasteiger partial charge in [-0.3, -0.25) is 9.59 Å². The number of rotatable bonds is 9. The molecular weight excluding hydrogens is 386 g/mol. The van der Waals surface area contributed by atoms with Crippen molar-refractivity contribution < 1.29 is 14.0 Å². The average molecular weight is 406 g/mol. The van der Waals surface area contributed by atoms with Crippen molar-refractivity contribution >= 4 is 34.0 Å². The molecule has 25 heavy (non-hydrogen) atoms. The number of furan rings is 1. The summed E-state index contributed by atoms with van der Waals surface area (Å²) in [7, 11) is 0. The van der Waals surface area contributed by atoms with Crippen molar-refractivity contribution in [2.75, 3.05) is 6.54 Å². The van der Waals surface area contributed by atoms with E-state index in [1.54, 1.807) is 24.5 Å². The van der Waals surface area contributed by atoms with E-state index in [4.69, 9.17) is 4.42 Å². The third kappa shape index (κ3) is 6.93. The number of unbranched alkanes of at least 4 members (excludes halogenated alkanes) is 2. The molecule has 0 aliphatic rings. The lowest BCUT2D eigenvalue weighted by atomic mass is 10.2. The Morgan fingerprint density at radius 2 is 1.96 bits per heavy atom. The molecule has 0 spiro atoms. The fraction of sp³-hybridized carbons (Fsp3) is 0.278. The van der Waals surface area contributed by atoms with E-state index in [9.17, 15) is 9.59 Å². The highest BCUT2D eigenvalue weighted by molar-refractivity contribution is 9.10. The number of hydrogen-bond acceptors (Lipinski definition) is 4. The zero-order chi connectivity index (χ0) is 17.9. The van der Waals surface area contributed by atoms with Crippen molar-refractivity contribution in [3.8, 4) is 0 Å². The first-order chi connectivity index (χ1) is 12.2. The summed E-state index contributed by atoms with van der Waals surface area (Å²) in [5.74, 6) is 0.346. The molecule has 0 bridgehead atoms. The molecule has 2 aromatic rings. The van der Waals surface area contributed by atoms with Crippen LogP contribution in [0.5, 0.6) is 0 Å². The Hall–Kier alpha value is -2.41. The van der Waals surface area contributed by atoms with Gasteiger partial charge in [0.05, 0.1) is 18.0 Å². The molecule has 2 amide bonds. The van der Waals surface area contributed by atoms with Gasteiger partial charge in [-0.05, 0) is 53.0 Å². The number of carbonyl (C=O) groups excluding carboxylic acids is 2. The molecule has 0 aliphatic carbocycles. The number of carbonyl (C=O) groups is 2. The number of hydrogen-bond donors (Lipinski definition) is 2. The summed E-state index contributed by atoms with van der Waals surface area (Å²) < 4.78 is 5.84. The van der Waals surface area contributed by atoms with Crippen molar-refractivity contribution in [2.24, 2.45) is 5.10 Å². The minimum atomic E-state index is -0.139. The molecule has 6 nitrogen and oxygen atoms in total. The van der Waals surface area contributed by atoms with Crippen LogP contribution < -0.4 is 10.7 Å². The summed E-state index contributed by atoms with van der Waals surface area (Å²) in [6, 6.07) is 10.8.